The van der Waals surface area contributed by atoms with E-state index < -0.39 is 0 Å². The highest BCUT2D eigenvalue weighted by Gasteiger charge is 2.29. The zero-order chi connectivity index (χ0) is 18.7. The Kier molecular flexibility index (Phi) is 5.47. The SMILES string of the molecule is COc1ccc(C(CNC(=O)N2CC(C)c3ccccc32)N(C)C)cc1. The average Bonchev–Trinajstić information content (AvgIpc) is 2.99. The number of rotatable bonds is 5. The molecule has 5 nitrogen and oxygen atoms in total. The van der Waals surface area contributed by atoms with Crippen molar-refractivity contribution in [3.05, 3.63) is 59.7 Å². The van der Waals surface area contributed by atoms with Crippen LogP contribution in [-0.4, -0.2) is 45.2 Å². The first-order valence-corrected chi connectivity index (χ1v) is 8.96. The molecule has 2 aromatic rings. The molecule has 0 aromatic heterocycles. The number of methoxy groups -OCH3 is 1. The number of likely N-dealkylation sites (N-methyl/N-ethyl adjacent to an activating group) is 1. The van der Waals surface area contributed by atoms with Crippen LogP contribution in [0.4, 0.5) is 10.5 Å². The maximum atomic E-state index is 12.8. The number of carbonyl (C=O) groups excluding carboxylic acids is 1. The molecule has 2 unspecified atom stereocenters. The summed E-state index contributed by atoms with van der Waals surface area (Å²) in [6.07, 6.45) is 0. The summed E-state index contributed by atoms with van der Waals surface area (Å²) in [4.78, 5) is 16.8. The minimum absolute atomic E-state index is 0.0397. The van der Waals surface area contributed by atoms with E-state index in [1.165, 1.54) is 5.56 Å². The van der Waals surface area contributed by atoms with Gasteiger partial charge in [-0.3, -0.25) is 4.90 Å². The normalized spacial score (nSPS) is 17.1. The summed E-state index contributed by atoms with van der Waals surface area (Å²) in [5.41, 5.74) is 3.40. The van der Waals surface area contributed by atoms with Gasteiger partial charge in [-0.1, -0.05) is 37.3 Å². The highest BCUT2D eigenvalue weighted by Crippen LogP contribution is 2.35. The zero-order valence-electron chi connectivity index (χ0n) is 15.9. The summed E-state index contributed by atoms with van der Waals surface area (Å²) < 4.78 is 5.23. The quantitative estimate of drug-likeness (QED) is 0.893. The largest absolute Gasteiger partial charge is 0.497 e. The predicted molar refractivity (Wildman–Crippen MR) is 105 cm³/mol. The molecule has 5 heteroatoms. The smallest absolute Gasteiger partial charge is 0.321 e. The van der Waals surface area contributed by atoms with E-state index >= 15 is 0 Å². The van der Waals surface area contributed by atoms with Crippen LogP contribution >= 0.6 is 0 Å². The summed E-state index contributed by atoms with van der Waals surface area (Å²) in [7, 11) is 5.70. The Bertz CT molecular complexity index is 758. The molecule has 2 aromatic carbocycles. The molecule has 3 rings (SSSR count). The molecular weight excluding hydrogens is 326 g/mol. The van der Waals surface area contributed by atoms with Crippen LogP contribution in [0.1, 0.15) is 30.0 Å². The number of hydrogen-bond donors (Lipinski definition) is 1. The fourth-order valence-electron chi connectivity index (χ4n) is 3.52. The molecule has 0 saturated heterocycles. The number of carbonyl (C=O) groups is 1. The molecular formula is C21H27N3O2. The lowest BCUT2D eigenvalue weighted by Crippen LogP contribution is -2.42. The van der Waals surface area contributed by atoms with Gasteiger partial charge in [-0.15, -0.1) is 0 Å². The summed E-state index contributed by atoms with van der Waals surface area (Å²) >= 11 is 0. The number of nitrogens with one attached hydrogen (secondary N) is 1. The van der Waals surface area contributed by atoms with E-state index in [1.54, 1.807) is 7.11 Å². The number of nitrogens with zero attached hydrogens (tertiary/aromatic N) is 2. The van der Waals surface area contributed by atoms with Crippen molar-refractivity contribution in [1.29, 1.82) is 0 Å². The Morgan fingerprint density at radius 3 is 2.58 bits per heavy atom. The molecule has 2 atom stereocenters. The molecule has 1 aliphatic heterocycles. The van der Waals surface area contributed by atoms with E-state index in [-0.39, 0.29) is 12.1 Å². The van der Waals surface area contributed by atoms with Crippen LogP contribution in [0.15, 0.2) is 48.5 Å². The van der Waals surface area contributed by atoms with E-state index in [9.17, 15) is 4.79 Å². The van der Waals surface area contributed by atoms with Crippen molar-refractivity contribution in [2.24, 2.45) is 0 Å². The maximum absolute atomic E-state index is 12.8. The number of urea groups is 1. The van der Waals surface area contributed by atoms with Crippen molar-refractivity contribution in [3.63, 3.8) is 0 Å². The average molecular weight is 353 g/mol. The standard InChI is InChI=1S/C21H27N3O2/c1-15-14-24(19-8-6-5-7-18(15)19)21(25)22-13-20(23(2)3)16-9-11-17(26-4)12-10-16/h5-12,15,20H,13-14H2,1-4H3,(H,22,25). The highest BCUT2D eigenvalue weighted by atomic mass is 16.5. The molecule has 0 fully saturated rings. The van der Waals surface area contributed by atoms with Gasteiger partial charge >= 0.3 is 6.03 Å². The Hall–Kier alpha value is -2.53. The second kappa shape index (κ2) is 7.79. The number of para-hydroxylation sites is 1. The molecule has 0 aliphatic carbocycles. The number of fused-ring (bicyclic) bond motifs is 1. The third kappa shape index (κ3) is 3.68. The van der Waals surface area contributed by atoms with Gasteiger partial charge in [0.05, 0.1) is 13.2 Å². The topological polar surface area (TPSA) is 44.8 Å². The summed E-state index contributed by atoms with van der Waals surface area (Å²) in [6, 6.07) is 16.2. The summed E-state index contributed by atoms with van der Waals surface area (Å²) in [6.45, 7) is 3.43. The van der Waals surface area contributed by atoms with Crippen molar-refractivity contribution in [1.82, 2.24) is 10.2 Å². The lowest BCUT2D eigenvalue weighted by molar-refractivity contribution is 0.238. The van der Waals surface area contributed by atoms with Gasteiger partial charge in [-0.05, 0) is 43.4 Å². The number of benzene rings is 2. The number of amides is 2. The minimum atomic E-state index is -0.0397. The van der Waals surface area contributed by atoms with Gasteiger partial charge in [0, 0.05) is 24.7 Å². The Morgan fingerprint density at radius 1 is 1.23 bits per heavy atom. The van der Waals surface area contributed by atoms with E-state index in [0.29, 0.717) is 12.5 Å². The molecule has 0 saturated carbocycles. The lowest BCUT2D eigenvalue weighted by atomic mass is 10.0. The van der Waals surface area contributed by atoms with E-state index in [1.807, 2.05) is 61.5 Å². The minimum Gasteiger partial charge on any atom is -0.497 e. The third-order valence-corrected chi connectivity index (χ3v) is 5.03. The van der Waals surface area contributed by atoms with Crippen LogP contribution in [0.3, 0.4) is 0 Å². The van der Waals surface area contributed by atoms with Crippen LogP contribution in [0, 0.1) is 0 Å². The van der Waals surface area contributed by atoms with Gasteiger partial charge in [-0.25, -0.2) is 4.79 Å². The summed E-state index contributed by atoms with van der Waals surface area (Å²) in [5.74, 6) is 1.20. The molecule has 0 spiro atoms. The second-order valence-electron chi connectivity index (χ2n) is 7.01. The Labute approximate surface area is 155 Å². The first-order chi connectivity index (χ1) is 12.5. The van der Waals surface area contributed by atoms with E-state index in [2.05, 4.69) is 23.2 Å². The van der Waals surface area contributed by atoms with Crippen LogP contribution in [0.5, 0.6) is 5.75 Å². The molecule has 2 amide bonds. The van der Waals surface area contributed by atoms with Crippen LogP contribution in [-0.2, 0) is 0 Å². The van der Waals surface area contributed by atoms with Crippen LogP contribution in [0.25, 0.3) is 0 Å². The molecule has 1 N–H and O–H groups in total. The van der Waals surface area contributed by atoms with E-state index in [0.717, 1.165) is 23.5 Å². The van der Waals surface area contributed by atoms with Crippen molar-refractivity contribution in [2.45, 2.75) is 18.9 Å². The molecule has 1 heterocycles. The first-order valence-electron chi connectivity index (χ1n) is 8.96. The van der Waals surface area contributed by atoms with Gasteiger partial charge < -0.3 is 15.0 Å². The molecule has 0 bridgehead atoms. The monoisotopic (exact) mass is 353 g/mol. The van der Waals surface area contributed by atoms with Gasteiger partial charge in [0.1, 0.15) is 5.75 Å². The molecule has 138 valence electrons. The van der Waals surface area contributed by atoms with Crippen LogP contribution in [0.2, 0.25) is 0 Å². The fourth-order valence-corrected chi connectivity index (χ4v) is 3.52. The first kappa shape index (κ1) is 18.3. The third-order valence-electron chi connectivity index (χ3n) is 5.03. The number of ether oxygens (including phenoxy) is 1. The molecule has 1 aliphatic rings. The van der Waals surface area contributed by atoms with Gasteiger partial charge in [-0.2, -0.15) is 0 Å². The molecule has 26 heavy (non-hydrogen) atoms. The fraction of sp³-hybridized carbons (Fsp3) is 0.381. The zero-order valence-corrected chi connectivity index (χ0v) is 15.9. The van der Waals surface area contributed by atoms with Gasteiger partial charge in [0.15, 0.2) is 0 Å². The number of anilines is 1. The van der Waals surface area contributed by atoms with Gasteiger partial charge in [0.25, 0.3) is 0 Å². The van der Waals surface area contributed by atoms with Crippen molar-refractivity contribution >= 4 is 11.7 Å². The second-order valence-corrected chi connectivity index (χ2v) is 7.01. The number of hydrogen-bond acceptors (Lipinski definition) is 3. The van der Waals surface area contributed by atoms with Gasteiger partial charge in [0.2, 0.25) is 0 Å². The van der Waals surface area contributed by atoms with Crippen molar-refractivity contribution in [2.75, 3.05) is 39.2 Å². The predicted octanol–water partition coefficient (Wildman–Crippen LogP) is 3.63. The lowest BCUT2D eigenvalue weighted by Gasteiger charge is -2.27. The van der Waals surface area contributed by atoms with E-state index in [4.69, 9.17) is 4.74 Å². The maximum Gasteiger partial charge on any atom is 0.321 e. The highest BCUT2D eigenvalue weighted by molar-refractivity contribution is 5.94. The molecule has 0 radical (unpaired) electrons. The summed E-state index contributed by atoms with van der Waals surface area (Å²) in [5, 5.41) is 3.11. The van der Waals surface area contributed by atoms with Crippen molar-refractivity contribution < 1.29 is 9.53 Å². The van der Waals surface area contributed by atoms with Crippen molar-refractivity contribution in [3.8, 4) is 5.75 Å². The van der Waals surface area contributed by atoms with Crippen LogP contribution < -0.4 is 15.0 Å². The Balaban J connectivity index is 1.69. The Morgan fingerprint density at radius 2 is 1.92 bits per heavy atom.